The molecule has 0 aromatic heterocycles. The zero-order valence-electron chi connectivity index (χ0n) is 15.2. The summed E-state index contributed by atoms with van der Waals surface area (Å²) in [6, 6.07) is 12.4. The molecular weight excluding hydrogens is 332 g/mol. The molecule has 2 aromatic rings. The Morgan fingerprint density at radius 2 is 1.92 bits per heavy atom. The number of carbonyl (C=O) groups is 1. The zero-order valence-corrected chi connectivity index (χ0v) is 15.2. The molecule has 0 bridgehead atoms. The summed E-state index contributed by atoms with van der Waals surface area (Å²) in [5, 5.41) is 13.6. The maximum Gasteiger partial charge on any atom is 0.271 e. The maximum atomic E-state index is 12.0. The SMILES string of the molecule is CCCc1ccc(OCCCC(=O)Nc2cc([N+](=O)[O-])ccc2C)cc1. The zero-order chi connectivity index (χ0) is 18.9. The Labute approximate surface area is 153 Å². The predicted octanol–water partition coefficient (Wildman–Crippen LogP) is 4.65. The molecule has 0 aliphatic rings. The fourth-order valence-electron chi connectivity index (χ4n) is 2.53. The third-order valence-corrected chi connectivity index (χ3v) is 3.98. The van der Waals surface area contributed by atoms with Gasteiger partial charge < -0.3 is 10.1 Å². The van der Waals surface area contributed by atoms with E-state index in [4.69, 9.17) is 4.74 Å². The molecule has 6 heteroatoms. The molecule has 138 valence electrons. The van der Waals surface area contributed by atoms with Gasteiger partial charge in [-0.05, 0) is 43.0 Å². The van der Waals surface area contributed by atoms with Crippen LogP contribution >= 0.6 is 0 Å². The smallest absolute Gasteiger partial charge is 0.271 e. The molecule has 0 spiro atoms. The number of amides is 1. The van der Waals surface area contributed by atoms with Gasteiger partial charge in [-0.3, -0.25) is 14.9 Å². The van der Waals surface area contributed by atoms with Crippen LogP contribution in [0.15, 0.2) is 42.5 Å². The van der Waals surface area contributed by atoms with E-state index in [2.05, 4.69) is 24.4 Å². The summed E-state index contributed by atoms with van der Waals surface area (Å²) in [6.07, 6.45) is 3.02. The quantitative estimate of drug-likeness (QED) is 0.403. The number of anilines is 1. The van der Waals surface area contributed by atoms with Gasteiger partial charge in [0, 0.05) is 18.6 Å². The van der Waals surface area contributed by atoms with Gasteiger partial charge in [0.1, 0.15) is 5.75 Å². The highest BCUT2D eigenvalue weighted by atomic mass is 16.6. The molecule has 0 aliphatic heterocycles. The van der Waals surface area contributed by atoms with Crippen LogP contribution in [-0.4, -0.2) is 17.4 Å². The summed E-state index contributed by atoms with van der Waals surface area (Å²) < 4.78 is 5.64. The van der Waals surface area contributed by atoms with Crippen molar-refractivity contribution in [2.75, 3.05) is 11.9 Å². The highest BCUT2D eigenvalue weighted by Crippen LogP contribution is 2.22. The number of nitrogens with zero attached hydrogens (tertiary/aromatic N) is 1. The predicted molar refractivity (Wildman–Crippen MR) is 102 cm³/mol. The van der Waals surface area contributed by atoms with Crippen LogP contribution < -0.4 is 10.1 Å². The van der Waals surface area contributed by atoms with E-state index in [0.29, 0.717) is 18.7 Å². The number of ether oxygens (including phenoxy) is 1. The number of hydrogen-bond donors (Lipinski definition) is 1. The maximum absolute atomic E-state index is 12.0. The lowest BCUT2D eigenvalue weighted by atomic mass is 10.1. The minimum atomic E-state index is -0.477. The highest BCUT2D eigenvalue weighted by Gasteiger charge is 2.11. The first-order chi connectivity index (χ1) is 12.5. The minimum Gasteiger partial charge on any atom is -0.494 e. The summed E-state index contributed by atoms with van der Waals surface area (Å²) in [6.45, 7) is 4.38. The second kappa shape index (κ2) is 9.56. The van der Waals surface area contributed by atoms with E-state index in [9.17, 15) is 14.9 Å². The number of nitro groups is 1. The Kier molecular flexibility index (Phi) is 7.14. The van der Waals surface area contributed by atoms with Gasteiger partial charge in [0.2, 0.25) is 5.91 Å². The average molecular weight is 356 g/mol. The van der Waals surface area contributed by atoms with E-state index in [1.165, 1.54) is 17.7 Å². The topological polar surface area (TPSA) is 81.5 Å². The normalized spacial score (nSPS) is 10.4. The molecule has 1 N–H and O–H groups in total. The lowest BCUT2D eigenvalue weighted by Crippen LogP contribution is -2.13. The first kappa shape index (κ1) is 19.4. The Balaban J connectivity index is 1.77. The Morgan fingerprint density at radius 1 is 1.19 bits per heavy atom. The Morgan fingerprint density at radius 3 is 2.58 bits per heavy atom. The molecule has 2 rings (SSSR count). The van der Waals surface area contributed by atoms with Crippen LogP contribution in [0.4, 0.5) is 11.4 Å². The number of aryl methyl sites for hydroxylation is 2. The lowest BCUT2D eigenvalue weighted by Gasteiger charge is -2.09. The van der Waals surface area contributed by atoms with Gasteiger partial charge in [0.05, 0.1) is 17.2 Å². The molecule has 26 heavy (non-hydrogen) atoms. The van der Waals surface area contributed by atoms with Gasteiger partial charge in [-0.15, -0.1) is 0 Å². The molecule has 0 saturated heterocycles. The van der Waals surface area contributed by atoms with Crippen LogP contribution in [0.25, 0.3) is 0 Å². The molecule has 0 heterocycles. The van der Waals surface area contributed by atoms with E-state index >= 15 is 0 Å². The van der Waals surface area contributed by atoms with Crippen LogP contribution in [0.3, 0.4) is 0 Å². The number of rotatable bonds is 9. The molecule has 0 fully saturated rings. The summed E-state index contributed by atoms with van der Waals surface area (Å²) in [5.41, 5.74) is 2.50. The molecule has 6 nitrogen and oxygen atoms in total. The highest BCUT2D eigenvalue weighted by molar-refractivity contribution is 5.91. The summed E-state index contributed by atoms with van der Waals surface area (Å²) in [4.78, 5) is 22.4. The van der Waals surface area contributed by atoms with Crippen molar-refractivity contribution >= 4 is 17.3 Å². The monoisotopic (exact) mass is 356 g/mol. The fourth-order valence-corrected chi connectivity index (χ4v) is 2.53. The second-order valence-electron chi connectivity index (χ2n) is 6.15. The molecule has 0 radical (unpaired) electrons. The van der Waals surface area contributed by atoms with Crippen LogP contribution in [0.1, 0.15) is 37.3 Å². The van der Waals surface area contributed by atoms with E-state index in [1.54, 1.807) is 13.0 Å². The van der Waals surface area contributed by atoms with Gasteiger partial charge in [0.15, 0.2) is 0 Å². The van der Waals surface area contributed by atoms with Crippen molar-refractivity contribution in [3.8, 4) is 5.75 Å². The third kappa shape index (κ3) is 5.88. The largest absolute Gasteiger partial charge is 0.494 e. The first-order valence-electron chi connectivity index (χ1n) is 8.76. The molecular formula is C20H24N2O4. The standard InChI is InChI=1S/C20H24N2O4/c1-3-5-16-8-11-18(12-9-16)26-13-4-6-20(23)21-19-14-17(22(24)25)10-7-15(19)2/h7-12,14H,3-6,13H2,1-2H3,(H,21,23). The third-order valence-electron chi connectivity index (χ3n) is 3.98. The van der Waals surface area contributed by atoms with Gasteiger partial charge in [-0.1, -0.05) is 31.5 Å². The number of hydrogen-bond acceptors (Lipinski definition) is 4. The van der Waals surface area contributed by atoms with Crippen LogP contribution in [-0.2, 0) is 11.2 Å². The van der Waals surface area contributed by atoms with E-state index < -0.39 is 4.92 Å². The van der Waals surface area contributed by atoms with Crippen molar-refractivity contribution in [2.24, 2.45) is 0 Å². The van der Waals surface area contributed by atoms with Gasteiger partial charge in [-0.2, -0.15) is 0 Å². The van der Waals surface area contributed by atoms with Crippen molar-refractivity contribution in [3.05, 3.63) is 63.7 Å². The molecule has 2 aromatic carbocycles. The van der Waals surface area contributed by atoms with Gasteiger partial charge in [-0.25, -0.2) is 0 Å². The summed E-state index contributed by atoms with van der Waals surface area (Å²) in [5.74, 6) is 0.607. The second-order valence-corrected chi connectivity index (χ2v) is 6.15. The number of nitro benzene ring substituents is 1. The number of benzene rings is 2. The van der Waals surface area contributed by atoms with Crippen molar-refractivity contribution < 1.29 is 14.5 Å². The summed E-state index contributed by atoms with van der Waals surface area (Å²) >= 11 is 0. The van der Waals surface area contributed by atoms with E-state index in [1.807, 2.05) is 12.1 Å². The molecule has 1 amide bonds. The minimum absolute atomic E-state index is 0.0410. The van der Waals surface area contributed by atoms with E-state index in [0.717, 1.165) is 24.2 Å². The van der Waals surface area contributed by atoms with Crippen LogP contribution in [0.2, 0.25) is 0 Å². The number of carbonyl (C=O) groups excluding carboxylic acids is 1. The van der Waals surface area contributed by atoms with Crippen molar-refractivity contribution in [1.29, 1.82) is 0 Å². The van der Waals surface area contributed by atoms with Crippen molar-refractivity contribution in [2.45, 2.75) is 39.5 Å². The number of non-ortho nitro benzene ring substituents is 1. The summed E-state index contributed by atoms with van der Waals surface area (Å²) in [7, 11) is 0. The van der Waals surface area contributed by atoms with Crippen LogP contribution in [0, 0.1) is 17.0 Å². The van der Waals surface area contributed by atoms with Gasteiger partial charge >= 0.3 is 0 Å². The van der Waals surface area contributed by atoms with Crippen LogP contribution in [0.5, 0.6) is 5.75 Å². The first-order valence-corrected chi connectivity index (χ1v) is 8.76. The average Bonchev–Trinajstić information content (AvgIpc) is 2.62. The van der Waals surface area contributed by atoms with Crippen molar-refractivity contribution in [1.82, 2.24) is 0 Å². The van der Waals surface area contributed by atoms with Gasteiger partial charge in [0.25, 0.3) is 5.69 Å². The molecule has 0 aliphatic carbocycles. The molecule has 0 atom stereocenters. The Bertz CT molecular complexity index is 757. The fraction of sp³-hybridized carbons (Fsp3) is 0.350. The van der Waals surface area contributed by atoms with E-state index in [-0.39, 0.29) is 18.0 Å². The Hall–Kier alpha value is -2.89. The molecule has 0 unspecified atom stereocenters. The molecule has 0 saturated carbocycles. The number of nitrogens with one attached hydrogen (secondary N) is 1. The lowest BCUT2D eigenvalue weighted by molar-refractivity contribution is -0.384. The van der Waals surface area contributed by atoms with Crippen molar-refractivity contribution in [3.63, 3.8) is 0 Å².